The molecule has 1 saturated carbocycles. The highest BCUT2D eigenvalue weighted by atomic mass is 32.1. The molecule has 0 unspecified atom stereocenters. The molecule has 0 bridgehead atoms. The topological polar surface area (TPSA) is 55.4 Å². The van der Waals surface area contributed by atoms with Gasteiger partial charge in [0.25, 0.3) is 5.56 Å². The van der Waals surface area contributed by atoms with Crippen molar-refractivity contribution in [3.8, 4) is 0 Å². The van der Waals surface area contributed by atoms with Gasteiger partial charge in [0, 0.05) is 19.6 Å². The fraction of sp³-hybridized carbons (Fsp3) is 0.381. The van der Waals surface area contributed by atoms with Gasteiger partial charge in [-0.15, -0.1) is 21.5 Å². The maximum absolute atomic E-state index is 12.5. The maximum atomic E-state index is 12.5. The lowest BCUT2D eigenvalue weighted by atomic mass is 10.1. The van der Waals surface area contributed by atoms with Gasteiger partial charge in [-0.1, -0.05) is 31.2 Å². The van der Waals surface area contributed by atoms with Crippen molar-refractivity contribution in [2.45, 2.75) is 45.3 Å². The summed E-state index contributed by atoms with van der Waals surface area (Å²) in [5, 5.41) is 10.7. The van der Waals surface area contributed by atoms with Gasteiger partial charge in [-0.05, 0) is 41.8 Å². The van der Waals surface area contributed by atoms with Crippen molar-refractivity contribution in [1.29, 1.82) is 0 Å². The molecule has 0 radical (unpaired) electrons. The Balaban J connectivity index is 1.51. The molecule has 0 saturated heterocycles. The van der Waals surface area contributed by atoms with Crippen molar-refractivity contribution >= 4 is 27.3 Å². The lowest BCUT2D eigenvalue weighted by molar-refractivity contribution is 0.239. The van der Waals surface area contributed by atoms with Crippen LogP contribution in [0.25, 0.3) is 16.0 Å². The van der Waals surface area contributed by atoms with Crippen molar-refractivity contribution in [3.05, 3.63) is 63.0 Å². The summed E-state index contributed by atoms with van der Waals surface area (Å²) in [5.74, 6) is 1.50. The van der Waals surface area contributed by atoms with Crippen LogP contribution >= 0.6 is 11.3 Å². The van der Waals surface area contributed by atoms with Crippen LogP contribution in [0.3, 0.4) is 0 Å². The summed E-state index contributed by atoms with van der Waals surface area (Å²) in [6.45, 7) is 3.81. The van der Waals surface area contributed by atoms with E-state index in [1.54, 1.807) is 11.6 Å². The van der Waals surface area contributed by atoms with E-state index in [0.29, 0.717) is 11.8 Å². The molecular formula is C21H23N5OS. The Morgan fingerprint density at radius 3 is 2.57 bits per heavy atom. The summed E-state index contributed by atoms with van der Waals surface area (Å²) in [6, 6.07) is 11.5. The SMILES string of the molecule is CCc1ccc(CN(Cc2nnc3n(C)c(=O)c4sccc4n23)C2CC2)cc1. The van der Waals surface area contributed by atoms with E-state index >= 15 is 0 Å². The number of aryl methyl sites for hydroxylation is 2. The number of hydrogen-bond donors (Lipinski definition) is 0. The fourth-order valence-electron chi connectivity index (χ4n) is 3.81. The van der Waals surface area contributed by atoms with Crippen LogP contribution in [0.5, 0.6) is 0 Å². The van der Waals surface area contributed by atoms with Crippen LogP contribution in [0, 0.1) is 0 Å². The number of hydrogen-bond acceptors (Lipinski definition) is 5. The van der Waals surface area contributed by atoms with Crippen LogP contribution in [-0.4, -0.2) is 30.1 Å². The van der Waals surface area contributed by atoms with Crippen LogP contribution in [0.15, 0.2) is 40.5 Å². The van der Waals surface area contributed by atoms with Gasteiger partial charge in [-0.3, -0.25) is 18.7 Å². The molecule has 3 aromatic heterocycles. The van der Waals surface area contributed by atoms with Gasteiger partial charge >= 0.3 is 0 Å². The Hall–Kier alpha value is -2.51. The zero-order chi connectivity index (χ0) is 19.3. The van der Waals surface area contributed by atoms with Crippen LogP contribution in [0.2, 0.25) is 0 Å². The highest BCUT2D eigenvalue weighted by molar-refractivity contribution is 7.17. The molecule has 144 valence electrons. The third kappa shape index (κ3) is 2.95. The lowest BCUT2D eigenvalue weighted by Gasteiger charge is -2.21. The maximum Gasteiger partial charge on any atom is 0.272 e. The molecule has 4 aromatic rings. The second-order valence-electron chi connectivity index (χ2n) is 7.56. The molecule has 7 heteroatoms. The fourth-order valence-corrected chi connectivity index (χ4v) is 4.66. The highest BCUT2D eigenvalue weighted by Gasteiger charge is 2.30. The Labute approximate surface area is 167 Å². The van der Waals surface area contributed by atoms with Crippen LogP contribution < -0.4 is 5.56 Å². The van der Waals surface area contributed by atoms with Gasteiger partial charge in [-0.25, -0.2) is 0 Å². The predicted octanol–water partition coefficient (Wildman–Crippen LogP) is 3.37. The summed E-state index contributed by atoms with van der Waals surface area (Å²) < 4.78 is 4.40. The largest absolute Gasteiger partial charge is 0.289 e. The van der Waals surface area contributed by atoms with Crippen molar-refractivity contribution in [3.63, 3.8) is 0 Å². The van der Waals surface area contributed by atoms with Gasteiger partial charge in [-0.2, -0.15) is 0 Å². The molecule has 0 N–H and O–H groups in total. The Kier molecular flexibility index (Phi) is 4.29. The molecule has 0 spiro atoms. The molecule has 1 aliphatic carbocycles. The molecule has 0 atom stereocenters. The van der Waals surface area contributed by atoms with Crippen LogP contribution in [-0.2, 0) is 26.6 Å². The average Bonchev–Trinajstić information content (AvgIpc) is 3.30. The number of rotatable bonds is 6. The molecule has 5 rings (SSSR count). The van der Waals surface area contributed by atoms with E-state index < -0.39 is 0 Å². The van der Waals surface area contributed by atoms with E-state index in [0.717, 1.165) is 35.6 Å². The standard InChI is InChI=1S/C21H23N5OS/c1-3-14-4-6-15(7-5-14)12-25(16-8-9-16)13-18-22-23-21-24(2)20(27)19-17(26(18)21)10-11-28-19/h4-7,10-11,16H,3,8-9,12-13H2,1-2H3. The van der Waals surface area contributed by atoms with Crippen LogP contribution in [0.1, 0.15) is 36.7 Å². The number of nitrogens with zero attached hydrogens (tertiary/aromatic N) is 5. The monoisotopic (exact) mass is 393 g/mol. The van der Waals surface area contributed by atoms with Crippen molar-refractivity contribution in [1.82, 2.24) is 24.1 Å². The third-order valence-electron chi connectivity index (χ3n) is 5.62. The van der Waals surface area contributed by atoms with Gasteiger partial charge < -0.3 is 0 Å². The Morgan fingerprint density at radius 2 is 1.86 bits per heavy atom. The lowest BCUT2D eigenvalue weighted by Crippen LogP contribution is -2.26. The van der Waals surface area contributed by atoms with E-state index in [2.05, 4.69) is 46.3 Å². The zero-order valence-electron chi connectivity index (χ0n) is 16.1. The quantitative estimate of drug-likeness (QED) is 0.504. The first-order valence-electron chi connectivity index (χ1n) is 9.77. The van der Waals surface area contributed by atoms with Gasteiger partial charge in [0.1, 0.15) is 4.70 Å². The Morgan fingerprint density at radius 1 is 1.11 bits per heavy atom. The zero-order valence-corrected chi connectivity index (χ0v) is 16.9. The highest BCUT2D eigenvalue weighted by Crippen LogP contribution is 2.30. The smallest absolute Gasteiger partial charge is 0.272 e. The molecule has 6 nitrogen and oxygen atoms in total. The first-order valence-corrected chi connectivity index (χ1v) is 10.7. The summed E-state index contributed by atoms with van der Waals surface area (Å²) in [4.78, 5) is 15.0. The van der Waals surface area contributed by atoms with Gasteiger partial charge in [0.15, 0.2) is 5.82 Å². The molecular weight excluding hydrogens is 370 g/mol. The normalized spacial score (nSPS) is 14.5. The van der Waals surface area contributed by atoms with E-state index in [1.807, 2.05) is 15.8 Å². The van der Waals surface area contributed by atoms with E-state index in [9.17, 15) is 4.79 Å². The molecule has 0 amide bonds. The second kappa shape index (κ2) is 6.83. The van der Waals surface area contributed by atoms with E-state index in [-0.39, 0.29) is 5.56 Å². The molecule has 1 aliphatic rings. The number of fused-ring (bicyclic) bond motifs is 3. The first-order chi connectivity index (χ1) is 13.7. The molecule has 28 heavy (non-hydrogen) atoms. The summed E-state index contributed by atoms with van der Waals surface area (Å²) in [7, 11) is 1.77. The van der Waals surface area contributed by atoms with E-state index in [4.69, 9.17) is 0 Å². The number of thiophene rings is 1. The minimum atomic E-state index is -0.00786. The minimum Gasteiger partial charge on any atom is -0.289 e. The third-order valence-corrected chi connectivity index (χ3v) is 6.51. The van der Waals surface area contributed by atoms with Gasteiger partial charge in [0.2, 0.25) is 5.78 Å². The van der Waals surface area contributed by atoms with Crippen molar-refractivity contribution in [2.75, 3.05) is 0 Å². The summed E-state index contributed by atoms with van der Waals surface area (Å²) >= 11 is 1.48. The number of aromatic nitrogens is 4. The molecule has 1 aromatic carbocycles. The second-order valence-corrected chi connectivity index (χ2v) is 8.47. The van der Waals surface area contributed by atoms with Crippen molar-refractivity contribution < 1.29 is 0 Å². The van der Waals surface area contributed by atoms with Crippen LogP contribution in [0.4, 0.5) is 0 Å². The average molecular weight is 394 g/mol. The van der Waals surface area contributed by atoms with Crippen molar-refractivity contribution in [2.24, 2.45) is 7.05 Å². The summed E-state index contributed by atoms with van der Waals surface area (Å²) in [6.07, 6.45) is 3.53. The molecule has 1 fully saturated rings. The molecule has 3 heterocycles. The molecule has 0 aliphatic heterocycles. The van der Waals surface area contributed by atoms with Gasteiger partial charge in [0.05, 0.1) is 12.1 Å². The first kappa shape index (κ1) is 17.6. The predicted molar refractivity (Wildman–Crippen MR) is 112 cm³/mol. The van der Waals surface area contributed by atoms with E-state index in [1.165, 1.54) is 35.3 Å². The summed E-state index contributed by atoms with van der Waals surface area (Å²) in [5.41, 5.74) is 3.59. The minimum absolute atomic E-state index is 0.00786. The Bertz CT molecular complexity index is 1200. The number of benzene rings is 1.